The predicted molar refractivity (Wildman–Crippen MR) is 95.0 cm³/mol. The zero-order valence-corrected chi connectivity index (χ0v) is 15.0. The highest BCUT2D eigenvalue weighted by Crippen LogP contribution is 2.63. The SMILES string of the molecule is CC(F)c1nc2c(=O)n(C)c(=O)n(CCCC3(C4CC4)CC3)c2c(=O)[nH]1. The van der Waals surface area contributed by atoms with Crippen molar-refractivity contribution < 1.29 is 4.39 Å². The van der Waals surface area contributed by atoms with Crippen molar-refractivity contribution in [3.8, 4) is 0 Å². The number of aryl methyl sites for hydroxylation is 1. The molecule has 0 amide bonds. The van der Waals surface area contributed by atoms with Gasteiger partial charge in [-0.1, -0.05) is 0 Å². The number of alkyl halides is 1. The van der Waals surface area contributed by atoms with Gasteiger partial charge in [0.25, 0.3) is 11.1 Å². The molecule has 1 unspecified atom stereocenters. The summed E-state index contributed by atoms with van der Waals surface area (Å²) >= 11 is 0. The highest BCUT2D eigenvalue weighted by atomic mass is 19.1. The fourth-order valence-corrected chi connectivity index (χ4v) is 4.11. The number of hydrogen-bond acceptors (Lipinski definition) is 4. The largest absolute Gasteiger partial charge is 0.331 e. The molecular formula is C18H23FN4O3. The second kappa shape index (κ2) is 5.89. The van der Waals surface area contributed by atoms with Crippen molar-refractivity contribution in [2.75, 3.05) is 0 Å². The number of rotatable bonds is 6. The lowest BCUT2D eigenvalue weighted by Gasteiger charge is -2.16. The Kier molecular flexibility index (Phi) is 3.89. The molecule has 26 heavy (non-hydrogen) atoms. The number of H-pyrrole nitrogens is 1. The predicted octanol–water partition coefficient (Wildman–Crippen LogP) is 1.78. The monoisotopic (exact) mass is 362 g/mol. The molecule has 140 valence electrons. The van der Waals surface area contributed by atoms with Gasteiger partial charge >= 0.3 is 5.69 Å². The third-order valence-electron chi connectivity index (χ3n) is 5.98. The van der Waals surface area contributed by atoms with Crippen LogP contribution in [0.15, 0.2) is 14.4 Å². The van der Waals surface area contributed by atoms with Crippen LogP contribution in [-0.4, -0.2) is 19.1 Å². The van der Waals surface area contributed by atoms with Gasteiger partial charge in [-0.2, -0.15) is 0 Å². The van der Waals surface area contributed by atoms with Crippen LogP contribution in [0.2, 0.25) is 0 Å². The molecule has 1 N–H and O–H groups in total. The van der Waals surface area contributed by atoms with E-state index in [4.69, 9.17) is 0 Å². The molecule has 2 aliphatic carbocycles. The molecule has 1 atom stereocenters. The fourth-order valence-electron chi connectivity index (χ4n) is 4.11. The highest BCUT2D eigenvalue weighted by Gasteiger charge is 2.52. The summed E-state index contributed by atoms with van der Waals surface area (Å²) in [5, 5.41) is 0. The topological polar surface area (TPSA) is 89.8 Å². The van der Waals surface area contributed by atoms with Crippen LogP contribution in [0, 0.1) is 11.3 Å². The molecule has 0 aromatic carbocycles. The van der Waals surface area contributed by atoms with E-state index in [0.29, 0.717) is 12.0 Å². The average molecular weight is 362 g/mol. The molecule has 0 radical (unpaired) electrons. The van der Waals surface area contributed by atoms with Crippen LogP contribution in [-0.2, 0) is 13.6 Å². The van der Waals surface area contributed by atoms with Crippen molar-refractivity contribution in [2.45, 2.75) is 58.2 Å². The van der Waals surface area contributed by atoms with Crippen LogP contribution < -0.4 is 16.8 Å². The first-order chi connectivity index (χ1) is 12.3. The number of fused-ring (bicyclic) bond motifs is 1. The standard InChI is InChI=1S/C18H23FN4O3/c1-10(19)14-20-12-13(15(24)21-14)23(17(26)22(2)16(12)25)9-3-6-18(7-8-18)11-4-5-11/h10-11H,3-9H2,1-2H3,(H,20,21,24). The lowest BCUT2D eigenvalue weighted by molar-refractivity contribution is 0.356. The van der Waals surface area contributed by atoms with Crippen molar-refractivity contribution in [1.29, 1.82) is 0 Å². The van der Waals surface area contributed by atoms with Crippen LogP contribution in [0.1, 0.15) is 57.4 Å². The number of aromatic amines is 1. The van der Waals surface area contributed by atoms with Crippen molar-refractivity contribution in [2.24, 2.45) is 18.4 Å². The summed E-state index contributed by atoms with van der Waals surface area (Å²) < 4.78 is 15.8. The zero-order chi connectivity index (χ0) is 18.6. The van der Waals surface area contributed by atoms with E-state index in [-0.39, 0.29) is 16.9 Å². The van der Waals surface area contributed by atoms with Crippen LogP contribution in [0.25, 0.3) is 11.0 Å². The minimum Gasteiger partial charge on any atom is -0.306 e. The molecule has 0 bridgehead atoms. The Bertz CT molecular complexity index is 1040. The first kappa shape index (κ1) is 17.2. The van der Waals surface area contributed by atoms with Crippen molar-refractivity contribution in [1.82, 2.24) is 19.1 Å². The van der Waals surface area contributed by atoms with E-state index in [1.165, 1.54) is 44.2 Å². The van der Waals surface area contributed by atoms with E-state index < -0.39 is 23.0 Å². The van der Waals surface area contributed by atoms with Gasteiger partial charge in [0.1, 0.15) is 11.3 Å². The maximum atomic E-state index is 13.6. The summed E-state index contributed by atoms with van der Waals surface area (Å²) in [6.07, 6.45) is 5.39. The lowest BCUT2D eigenvalue weighted by atomic mass is 9.94. The number of aromatic nitrogens is 4. The molecule has 0 aliphatic heterocycles. The Morgan fingerprint density at radius 3 is 2.58 bits per heavy atom. The molecule has 2 heterocycles. The van der Waals surface area contributed by atoms with Crippen LogP contribution in [0.5, 0.6) is 0 Å². The van der Waals surface area contributed by atoms with Crippen molar-refractivity contribution >= 4 is 11.0 Å². The molecule has 2 saturated carbocycles. The molecular weight excluding hydrogens is 339 g/mol. The number of hydrogen-bond donors (Lipinski definition) is 1. The summed E-state index contributed by atoms with van der Waals surface area (Å²) in [5.41, 5.74) is -1.62. The summed E-state index contributed by atoms with van der Waals surface area (Å²) in [6.45, 7) is 1.59. The van der Waals surface area contributed by atoms with Gasteiger partial charge in [0.2, 0.25) is 0 Å². The van der Waals surface area contributed by atoms with Crippen LogP contribution in [0.3, 0.4) is 0 Å². The van der Waals surface area contributed by atoms with Crippen LogP contribution >= 0.6 is 0 Å². The average Bonchev–Trinajstić information content (AvgIpc) is 3.48. The third kappa shape index (κ3) is 2.71. The third-order valence-corrected chi connectivity index (χ3v) is 5.98. The van der Waals surface area contributed by atoms with Crippen molar-refractivity contribution in [3.63, 3.8) is 0 Å². The van der Waals surface area contributed by atoms with E-state index in [0.717, 1.165) is 23.3 Å². The van der Waals surface area contributed by atoms with E-state index in [1.54, 1.807) is 0 Å². The Morgan fingerprint density at radius 2 is 2.00 bits per heavy atom. The van der Waals surface area contributed by atoms with Gasteiger partial charge in [-0.3, -0.25) is 18.7 Å². The number of nitrogens with zero attached hydrogens (tertiary/aromatic N) is 3. The fraction of sp³-hybridized carbons (Fsp3) is 0.667. The van der Waals surface area contributed by atoms with Gasteiger partial charge in [-0.05, 0) is 56.8 Å². The van der Waals surface area contributed by atoms with Gasteiger partial charge in [0.05, 0.1) is 0 Å². The molecule has 0 spiro atoms. The van der Waals surface area contributed by atoms with Gasteiger partial charge in [0, 0.05) is 13.6 Å². The smallest absolute Gasteiger partial charge is 0.306 e. The molecule has 2 aromatic rings. The number of nitrogens with one attached hydrogen (secondary N) is 1. The van der Waals surface area contributed by atoms with Crippen LogP contribution in [0.4, 0.5) is 4.39 Å². The molecule has 7 nitrogen and oxygen atoms in total. The Hall–Kier alpha value is -2.25. The second-order valence-corrected chi connectivity index (χ2v) is 7.80. The number of halogens is 1. The first-order valence-corrected chi connectivity index (χ1v) is 9.22. The van der Waals surface area contributed by atoms with E-state index >= 15 is 0 Å². The maximum absolute atomic E-state index is 13.6. The van der Waals surface area contributed by atoms with E-state index in [2.05, 4.69) is 9.97 Å². The van der Waals surface area contributed by atoms with E-state index in [1.807, 2.05) is 0 Å². The molecule has 2 aromatic heterocycles. The quantitative estimate of drug-likeness (QED) is 0.848. The van der Waals surface area contributed by atoms with Gasteiger partial charge in [-0.25, -0.2) is 14.2 Å². The second-order valence-electron chi connectivity index (χ2n) is 7.80. The Balaban J connectivity index is 1.74. The first-order valence-electron chi connectivity index (χ1n) is 9.22. The molecule has 2 fully saturated rings. The summed E-state index contributed by atoms with van der Waals surface area (Å²) in [7, 11) is 1.36. The summed E-state index contributed by atoms with van der Waals surface area (Å²) in [5.74, 6) is 0.630. The van der Waals surface area contributed by atoms with E-state index in [9.17, 15) is 18.8 Å². The summed E-state index contributed by atoms with van der Waals surface area (Å²) in [4.78, 5) is 43.7. The van der Waals surface area contributed by atoms with Crippen molar-refractivity contribution in [3.05, 3.63) is 37.0 Å². The minimum atomic E-state index is -1.51. The Labute approximate surface area is 148 Å². The normalized spacial score (nSPS) is 19.7. The van der Waals surface area contributed by atoms with Gasteiger partial charge < -0.3 is 4.98 Å². The van der Waals surface area contributed by atoms with Gasteiger partial charge in [0.15, 0.2) is 11.7 Å². The minimum absolute atomic E-state index is 0.0567. The molecule has 8 heteroatoms. The highest BCUT2D eigenvalue weighted by molar-refractivity contribution is 5.72. The lowest BCUT2D eigenvalue weighted by Crippen LogP contribution is -2.41. The summed E-state index contributed by atoms with van der Waals surface area (Å²) in [6, 6.07) is 0. The zero-order valence-electron chi connectivity index (χ0n) is 15.0. The maximum Gasteiger partial charge on any atom is 0.331 e. The molecule has 0 saturated heterocycles. The van der Waals surface area contributed by atoms with Gasteiger partial charge in [-0.15, -0.1) is 0 Å². The molecule has 2 aliphatic rings. The molecule has 4 rings (SSSR count). The Morgan fingerprint density at radius 1 is 1.31 bits per heavy atom.